The predicted octanol–water partition coefficient (Wildman–Crippen LogP) is 7.49. The average molecular weight is 449 g/mol. The number of fused-ring (bicyclic) bond motifs is 1. The minimum absolute atomic E-state index is 0.227. The van der Waals surface area contributed by atoms with E-state index in [0.29, 0.717) is 29.9 Å². The first-order valence-corrected chi connectivity index (χ1v) is 12.1. The smallest absolute Gasteiger partial charge is 0.343 e. The normalized spacial score (nSPS) is 24.8. The quantitative estimate of drug-likeness (QED) is 0.250. The molecule has 0 saturated heterocycles. The van der Waals surface area contributed by atoms with Crippen molar-refractivity contribution in [3.8, 4) is 11.5 Å². The van der Waals surface area contributed by atoms with Gasteiger partial charge in [0.15, 0.2) is 0 Å². The van der Waals surface area contributed by atoms with Gasteiger partial charge >= 0.3 is 5.97 Å². The minimum atomic E-state index is -0.561. The fourth-order valence-electron chi connectivity index (χ4n) is 5.42. The highest BCUT2D eigenvalue weighted by Gasteiger charge is 2.36. The average Bonchev–Trinajstić information content (AvgIpc) is 2.84. The molecule has 2 aromatic rings. The molecule has 2 aliphatic carbocycles. The Balaban J connectivity index is 1.36. The van der Waals surface area contributed by atoms with E-state index in [9.17, 15) is 4.79 Å². The van der Waals surface area contributed by atoms with E-state index in [1.165, 1.54) is 25.3 Å². The summed E-state index contributed by atoms with van der Waals surface area (Å²) in [7, 11) is 0. The van der Waals surface area contributed by atoms with Crippen molar-refractivity contribution < 1.29 is 18.7 Å². The van der Waals surface area contributed by atoms with Crippen LogP contribution in [0.5, 0.6) is 11.5 Å². The third kappa shape index (κ3) is 5.73. The van der Waals surface area contributed by atoms with Gasteiger partial charge in [-0.15, -0.1) is 6.58 Å². The van der Waals surface area contributed by atoms with Gasteiger partial charge in [-0.3, -0.25) is 0 Å². The zero-order chi connectivity index (χ0) is 23.2. The molecule has 174 valence electrons. The first-order chi connectivity index (χ1) is 16.1. The van der Waals surface area contributed by atoms with Gasteiger partial charge in [0.25, 0.3) is 0 Å². The van der Waals surface area contributed by atoms with Crippen molar-refractivity contribution in [1.82, 2.24) is 0 Å². The molecule has 33 heavy (non-hydrogen) atoms. The first kappa shape index (κ1) is 23.3. The summed E-state index contributed by atoms with van der Waals surface area (Å²) in [6.07, 6.45) is 12.8. The molecule has 0 heterocycles. The van der Waals surface area contributed by atoms with E-state index >= 15 is 4.39 Å². The van der Waals surface area contributed by atoms with Crippen molar-refractivity contribution in [3.05, 3.63) is 84.2 Å². The van der Waals surface area contributed by atoms with Gasteiger partial charge in [-0.2, -0.15) is 0 Å². The van der Waals surface area contributed by atoms with Crippen LogP contribution in [0, 0.1) is 23.6 Å². The fourth-order valence-corrected chi connectivity index (χ4v) is 5.42. The standard InChI is InChI=1S/C29H33FO3/c1-3-5-16-32-25-11-13-26(14-12-25)33-29(31)24-10-15-27(28(30)19-24)23-9-8-21-17-20(4-2)6-7-22(21)18-23/h3-5,10-15,19-23H,2,6-9,16-18H2,1H3/b5-3+. The third-order valence-electron chi connectivity index (χ3n) is 7.28. The van der Waals surface area contributed by atoms with Crippen LogP contribution in [0.3, 0.4) is 0 Å². The second-order valence-corrected chi connectivity index (χ2v) is 9.32. The Morgan fingerprint density at radius 1 is 1.03 bits per heavy atom. The van der Waals surface area contributed by atoms with Crippen molar-refractivity contribution in [2.24, 2.45) is 17.8 Å². The zero-order valence-corrected chi connectivity index (χ0v) is 19.3. The lowest BCUT2D eigenvalue weighted by molar-refractivity contribution is 0.0734. The highest BCUT2D eigenvalue weighted by Crippen LogP contribution is 2.48. The number of benzene rings is 2. The Morgan fingerprint density at radius 2 is 1.76 bits per heavy atom. The van der Waals surface area contributed by atoms with Crippen LogP contribution >= 0.6 is 0 Å². The van der Waals surface area contributed by atoms with Crippen molar-refractivity contribution in [3.63, 3.8) is 0 Å². The van der Waals surface area contributed by atoms with Crippen LogP contribution in [-0.4, -0.2) is 12.6 Å². The highest BCUT2D eigenvalue weighted by molar-refractivity contribution is 5.91. The summed E-state index contributed by atoms with van der Waals surface area (Å²) in [5.41, 5.74) is 0.961. The second kappa shape index (κ2) is 10.8. The lowest BCUT2D eigenvalue weighted by Gasteiger charge is -2.41. The molecule has 2 aliphatic rings. The Kier molecular flexibility index (Phi) is 7.64. The van der Waals surface area contributed by atoms with E-state index in [-0.39, 0.29) is 17.3 Å². The largest absolute Gasteiger partial charge is 0.490 e. The summed E-state index contributed by atoms with van der Waals surface area (Å²) < 4.78 is 26.0. The van der Waals surface area contributed by atoms with Crippen LogP contribution in [0.15, 0.2) is 67.3 Å². The number of ether oxygens (including phenoxy) is 2. The molecule has 2 saturated carbocycles. The molecule has 4 unspecified atom stereocenters. The van der Waals surface area contributed by atoms with E-state index in [1.54, 1.807) is 36.4 Å². The summed E-state index contributed by atoms with van der Waals surface area (Å²) in [4.78, 5) is 12.6. The third-order valence-corrected chi connectivity index (χ3v) is 7.28. The van der Waals surface area contributed by atoms with Gasteiger partial charge < -0.3 is 9.47 Å². The van der Waals surface area contributed by atoms with Crippen molar-refractivity contribution in [2.75, 3.05) is 6.61 Å². The molecule has 0 aromatic heterocycles. The van der Waals surface area contributed by atoms with Crippen molar-refractivity contribution in [2.45, 2.75) is 51.4 Å². The molecule has 4 atom stereocenters. The molecule has 0 spiro atoms. The molecular weight excluding hydrogens is 415 g/mol. The van der Waals surface area contributed by atoms with Gasteiger partial charge in [-0.05, 0) is 111 Å². The second-order valence-electron chi connectivity index (χ2n) is 9.32. The summed E-state index contributed by atoms with van der Waals surface area (Å²) in [6.45, 7) is 6.38. The van der Waals surface area contributed by atoms with E-state index < -0.39 is 5.97 Å². The molecule has 3 nitrogen and oxygen atoms in total. The number of carbonyl (C=O) groups excluding carboxylic acids is 1. The number of hydrogen-bond donors (Lipinski definition) is 0. The molecule has 0 radical (unpaired) electrons. The molecule has 4 heteroatoms. The maximum Gasteiger partial charge on any atom is 0.343 e. The predicted molar refractivity (Wildman–Crippen MR) is 129 cm³/mol. The Bertz CT molecular complexity index is 994. The van der Waals surface area contributed by atoms with Gasteiger partial charge in [0.1, 0.15) is 23.9 Å². The van der Waals surface area contributed by atoms with Gasteiger partial charge in [0.05, 0.1) is 5.56 Å². The van der Waals surface area contributed by atoms with E-state index in [0.717, 1.165) is 30.7 Å². The topological polar surface area (TPSA) is 35.5 Å². The number of hydrogen-bond acceptors (Lipinski definition) is 3. The molecule has 0 bridgehead atoms. The summed E-state index contributed by atoms with van der Waals surface area (Å²) in [5.74, 6) is 2.52. The van der Waals surface area contributed by atoms with Crippen LogP contribution in [0.2, 0.25) is 0 Å². The number of rotatable bonds is 7. The Morgan fingerprint density at radius 3 is 2.48 bits per heavy atom. The van der Waals surface area contributed by atoms with E-state index in [1.807, 2.05) is 19.1 Å². The highest BCUT2D eigenvalue weighted by atomic mass is 19.1. The van der Waals surface area contributed by atoms with Crippen molar-refractivity contribution in [1.29, 1.82) is 0 Å². The number of halogens is 1. The van der Waals surface area contributed by atoms with Gasteiger partial charge in [0, 0.05) is 0 Å². The number of allylic oxidation sites excluding steroid dienone is 2. The minimum Gasteiger partial charge on any atom is -0.490 e. The van der Waals surface area contributed by atoms with Crippen LogP contribution in [0.4, 0.5) is 4.39 Å². The molecule has 0 aliphatic heterocycles. The maximum atomic E-state index is 15.0. The molecule has 4 rings (SSSR count). The van der Waals surface area contributed by atoms with Gasteiger partial charge in [-0.25, -0.2) is 9.18 Å². The summed E-state index contributed by atoms with van der Waals surface area (Å²) in [5, 5.41) is 0. The monoisotopic (exact) mass is 448 g/mol. The van der Waals surface area contributed by atoms with Crippen LogP contribution in [-0.2, 0) is 0 Å². The Hall–Kier alpha value is -2.88. The van der Waals surface area contributed by atoms with Gasteiger partial charge in [0.2, 0.25) is 0 Å². The lowest BCUT2D eigenvalue weighted by atomic mass is 9.64. The Labute approximate surface area is 196 Å². The fraction of sp³-hybridized carbons (Fsp3) is 0.414. The molecule has 2 fully saturated rings. The van der Waals surface area contributed by atoms with Gasteiger partial charge in [-0.1, -0.05) is 24.3 Å². The summed E-state index contributed by atoms with van der Waals surface area (Å²) in [6, 6.07) is 11.6. The molecule has 2 aromatic carbocycles. The zero-order valence-electron chi connectivity index (χ0n) is 19.3. The number of esters is 1. The molecule has 0 amide bonds. The SMILES string of the molecule is C=CC1CCC2CC(c3ccc(C(=O)Oc4ccc(OC/C=C/C)cc4)cc3F)CCC2C1. The first-order valence-electron chi connectivity index (χ1n) is 12.1. The van der Waals surface area contributed by atoms with E-state index in [2.05, 4.69) is 12.7 Å². The summed E-state index contributed by atoms with van der Waals surface area (Å²) >= 11 is 0. The molecule has 0 N–H and O–H groups in total. The van der Waals surface area contributed by atoms with Crippen LogP contribution < -0.4 is 9.47 Å². The van der Waals surface area contributed by atoms with Crippen LogP contribution in [0.25, 0.3) is 0 Å². The van der Waals surface area contributed by atoms with Crippen LogP contribution in [0.1, 0.15) is 67.3 Å². The maximum absolute atomic E-state index is 15.0. The van der Waals surface area contributed by atoms with E-state index in [4.69, 9.17) is 9.47 Å². The molecular formula is C29H33FO3. The van der Waals surface area contributed by atoms with Crippen molar-refractivity contribution >= 4 is 5.97 Å². The lowest BCUT2D eigenvalue weighted by Crippen LogP contribution is -2.30. The number of carbonyl (C=O) groups is 1.